The monoisotopic (exact) mass is 396 g/mol. The van der Waals surface area contributed by atoms with Crippen molar-refractivity contribution in [2.24, 2.45) is 12.0 Å². The van der Waals surface area contributed by atoms with Gasteiger partial charge in [-0.15, -0.1) is 24.0 Å². The molecule has 21 heavy (non-hydrogen) atoms. The van der Waals surface area contributed by atoms with Crippen molar-refractivity contribution in [3.05, 3.63) is 59.9 Å². The molecule has 1 unspecified atom stereocenters. The number of hydrogen-bond acceptors (Lipinski definition) is 3. The summed E-state index contributed by atoms with van der Waals surface area (Å²) in [5.74, 6) is 0.972. The van der Waals surface area contributed by atoms with Crippen LogP contribution in [-0.4, -0.2) is 29.0 Å². The molecular formula is C16H21IN4. The highest BCUT2D eigenvalue weighted by molar-refractivity contribution is 14.0. The molecule has 5 heteroatoms. The van der Waals surface area contributed by atoms with Crippen molar-refractivity contribution in [2.45, 2.75) is 12.6 Å². The van der Waals surface area contributed by atoms with Crippen molar-refractivity contribution in [1.29, 1.82) is 0 Å². The minimum atomic E-state index is 0. The van der Waals surface area contributed by atoms with Gasteiger partial charge in [0.15, 0.2) is 5.96 Å². The Morgan fingerprint density at radius 3 is 2.67 bits per heavy atom. The third-order valence-corrected chi connectivity index (χ3v) is 3.74. The van der Waals surface area contributed by atoms with Gasteiger partial charge in [0.05, 0.1) is 19.1 Å². The molecule has 4 nitrogen and oxygen atoms in total. The van der Waals surface area contributed by atoms with Gasteiger partial charge in [-0.25, -0.2) is 0 Å². The smallest absolute Gasteiger partial charge is 0.194 e. The molecule has 2 heterocycles. The number of hydrogen-bond donors (Lipinski definition) is 1. The standard InChI is InChI=1S/C16H20N4.HI/c1-19-10-6-9-14(19)12-20(2)16-17-11-15(18-16)13-7-4-3-5-8-13;/h3-10,15H,11-12H2,1-2H3,(H,17,18);1H. The summed E-state index contributed by atoms with van der Waals surface area (Å²) < 4.78 is 2.14. The predicted molar refractivity (Wildman–Crippen MR) is 96.9 cm³/mol. The van der Waals surface area contributed by atoms with Gasteiger partial charge in [-0.2, -0.15) is 0 Å². The van der Waals surface area contributed by atoms with E-state index in [1.807, 2.05) is 6.07 Å². The molecule has 1 aromatic heterocycles. The molecule has 0 saturated carbocycles. The van der Waals surface area contributed by atoms with Gasteiger partial charge in [0.2, 0.25) is 0 Å². The fourth-order valence-corrected chi connectivity index (χ4v) is 2.51. The third-order valence-electron chi connectivity index (χ3n) is 3.74. The van der Waals surface area contributed by atoms with Gasteiger partial charge in [0, 0.05) is 26.0 Å². The van der Waals surface area contributed by atoms with E-state index in [1.54, 1.807) is 0 Å². The van der Waals surface area contributed by atoms with E-state index in [-0.39, 0.29) is 24.0 Å². The van der Waals surface area contributed by atoms with Crippen LogP contribution < -0.4 is 5.32 Å². The zero-order valence-corrected chi connectivity index (χ0v) is 14.7. The van der Waals surface area contributed by atoms with Gasteiger partial charge < -0.3 is 14.8 Å². The number of nitrogens with one attached hydrogen (secondary N) is 1. The van der Waals surface area contributed by atoms with Gasteiger partial charge in [0.25, 0.3) is 0 Å². The average Bonchev–Trinajstić information content (AvgIpc) is 3.10. The average molecular weight is 396 g/mol. The second-order valence-corrected chi connectivity index (χ2v) is 5.24. The number of benzene rings is 1. The molecule has 0 fully saturated rings. The van der Waals surface area contributed by atoms with Crippen molar-refractivity contribution in [1.82, 2.24) is 14.8 Å². The first-order valence-electron chi connectivity index (χ1n) is 6.91. The number of aryl methyl sites for hydroxylation is 1. The van der Waals surface area contributed by atoms with Crippen molar-refractivity contribution < 1.29 is 0 Å². The Morgan fingerprint density at radius 1 is 1.24 bits per heavy atom. The lowest BCUT2D eigenvalue weighted by molar-refractivity contribution is 0.465. The molecule has 0 amide bonds. The van der Waals surface area contributed by atoms with Gasteiger partial charge in [-0.1, -0.05) is 30.3 Å². The minimum absolute atomic E-state index is 0. The molecule has 0 bridgehead atoms. The quantitative estimate of drug-likeness (QED) is 0.810. The Labute approximate surface area is 142 Å². The Balaban J connectivity index is 0.00000161. The number of aromatic nitrogens is 1. The topological polar surface area (TPSA) is 32.6 Å². The lowest BCUT2D eigenvalue weighted by Crippen LogP contribution is -2.36. The van der Waals surface area contributed by atoms with Crippen LogP contribution >= 0.6 is 24.0 Å². The third kappa shape index (κ3) is 3.58. The van der Waals surface area contributed by atoms with E-state index < -0.39 is 0 Å². The Bertz CT molecular complexity index is 606. The summed E-state index contributed by atoms with van der Waals surface area (Å²) in [5, 5.41) is 3.51. The van der Waals surface area contributed by atoms with Crippen molar-refractivity contribution in [3.8, 4) is 0 Å². The molecule has 0 aliphatic carbocycles. The van der Waals surface area contributed by atoms with Crippen molar-refractivity contribution >= 4 is 29.9 Å². The van der Waals surface area contributed by atoms with Crippen LogP contribution in [0.15, 0.2) is 53.7 Å². The normalized spacial score (nSPS) is 16.9. The molecule has 1 aliphatic rings. The predicted octanol–water partition coefficient (Wildman–Crippen LogP) is 2.78. The number of guanidine groups is 1. The molecule has 0 radical (unpaired) electrons. The van der Waals surface area contributed by atoms with Crippen LogP contribution in [0.25, 0.3) is 0 Å². The summed E-state index contributed by atoms with van der Waals surface area (Å²) in [6, 6.07) is 15.0. The van der Waals surface area contributed by atoms with Crippen LogP contribution in [0.5, 0.6) is 0 Å². The first kappa shape index (κ1) is 15.9. The van der Waals surface area contributed by atoms with E-state index in [1.165, 1.54) is 11.3 Å². The van der Waals surface area contributed by atoms with Crippen LogP contribution in [0.2, 0.25) is 0 Å². The number of rotatable bonds is 3. The van der Waals surface area contributed by atoms with E-state index in [2.05, 4.69) is 76.5 Å². The Morgan fingerprint density at radius 2 is 2.00 bits per heavy atom. The van der Waals surface area contributed by atoms with E-state index in [0.717, 1.165) is 19.0 Å². The first-order chi connectivity index (χ1) is 9.74. The van der Waals surface area contributed by atoms with Gasteiger partial charge in [0.1, 0.15) is 0 Å². The molecule has 1 N–H and O–H groups in total. The lowest BCUT2D eigenvalue weighted by Gasteiger charge is -2.21. The van der Waals surface area contributed by atoms with E-state index >= 15 is 0 Å². The van der Waals surface area contributed by atoms with Crippen molar-refractivity contribution in [3.63, 3.8) is 0 Å². The van der Waals surface area contributed by atoms with E-state index in [9.17, 15) is 0 Å². The molecule has 1 atom stereocenters. The van der Waals surface area contributed by atoms with Crippen molar-refractivity contribution in [2.75, 3.05) is 13.6 Å². The summed E-state index contributed by atoms with van der Waals surface area (Å²) in [7, 11) is 4.14. The second kappa shape index (κ2) is 6.98. The molecule has 3 rings (SSSR count). The summed E-state index contributed by atoms with van der Waals surface area (Å²) in [4.78, 5) is 6.79. The largest absolute Gasteiger partial charge is 0.353 e. The first-order valence-corrected chi connectivity index (χ1v) is 6.91. The molecule has 0 saturated heterocycles. The molecular weight excluding hydrogens is 375 g/mol. The van der Waals surface area contributed by atoms with Crippen LogP contribution in [0, 0.1) is 0 Å². The highest BCUT2D eigenvalue weighted by atomic mass is 127. The van der Waals surface area contributed by atoms with Gasteiger partial charge >= 0.3 is 0 Å². The SMILES string of the molecule is CN(Cc1cccn1C)C1=NCC(c2ccccc2)N1.I. The lowest BCUT2D eigenvalue weighted by atomic mass is 10.1. The second-order valence-electron chi connectivity index (χ2n) is 5.24. The maximum Gasteiger partial charge on any atom is 0.194 e. The molecule has 0 spiro atoms. The van der Waals surface area contributed by atoms with Crippen LogP contribution in [0.1, 0.15) is 17.3 Å². The summed E-state index contributed by atoms with van der Waals surface area (Å²) >= 11 is 0. The minimum Gasteiger partial charge on any atom is -0.353 e. The highest BCUT2D eigenvalue weighted by Crippen LogP contribution is 2.18. The number of halogens is 1. The van der Waals surface area contributed by atoms with E-state index in [0.29, 0.717) is 6.04 Å². The van der Waals surface area contributed by atoms with Gasteiger partial charge in [-0.3, -0.25) is 4.99 Å². The van der Waals surface area contributed by atoms with Gasteiger partial charge in [-0.05, 0) is 17.7 Å². The Hall–Kier alpha value is -1.50. The molecule has 112 valence electrons. The Kier molecular flexibility index (Phi) is 5.27. The maximum atomic E-state index is 4.63. The molecule has 2 aromatic rings. The van der Waals surface area contributed by atoms with Crippen LogP contribution in [-0.2, 0) is 13.6 Å². The van der Waals surface area contributed by atoms with Crippen LogP contribution in [0.4, 0.5) is 0 Å². The summed E-state index contributed by atoms with van der Waals surface area (Å²) in [6.45, 7) is 1.66. The fraction of sp³-hybridized carbons (Fsp3) is 0.312. The van der Waals surface area contributed by atoms with E-state index in [4.69, 9.17) is 0 Å². The summed E-state index contributed by atoms with van der Waals surface area (Å²) in [5.41, 5.74) is 2.57. The maximum absolute atomic E-state index is 4.63. The zero-order chi connectivity index (χ0) is 13.9. The number of nitrogens with zero attached hydrogens (tertiary/aromatic N) is 3. The fourth-order valence-electron chi connectivity index (χ4n) is 2.51. The summed E-state index contributed by atoms with van der Waals surface area (Å²) in [6.07, 6.45) is 2.07. The zero-order valence-electron chi connectivity index (χ0n) is 12.4. The van der Waals surface area contributed by atoms with Crippen LogP contribution in [0.3, 0.4) is 0 Å². The highest BCUT2D eigenvalue weighted by Gasteiger charge is 2.21. The number of aliphatic imine (C=N–C) groups is 1. The molecule has 1 aromatic carbocycles. The molecule has 1 aliphatic heterocycles.